The minimum absolute atomic E-state index is 0.118. The minimum atomic E-state index is -0.118. The summed E-state index contributed by atoms with van der Waals surface area (Å²) < 4.78 is 0. The van der Waals surface area contributed by atoms with Gasteiger partial charge in [-0.05, 0) is 44.6 Å². The fourth-order valence-corrected chi connectivity index (χ4v) is 5.38. The fourth-order valence-electron chi connectivity index (χ4n) is 4.12. The van der Waals surface area contributed by atoms with Crippen molar-refractivity contribution in [1.29, 1.82) is 0 Å². The van der Waals surface area contributed by atoms with Gasteiger partial charge in [-0.1, -0.05) is 19.3 Å². The molecule has 130 valence electrons. The second-order valence-corrected chi connectivity index (χ2v) is 8.49. The van der Waals surface area contributed by atoms with E-state index >= 15 is 0 Å². The van der Waals surface area contributed by atoms with Crippen LogP contribution in [-0.2, 0) is 6.54 Å². The Morgan fingerprint density at radius 1 is 1.12 bits per heavy atom. The highest BCUT2D eigenvalue weighted by atomic mass is 32.1. The number of fused-ring (bicyclic) bond motifs is 1. The summed E-state index contributed by atoms with van der Waals surface area (Å²) in [6.07, 6.45) is 8.43. The van der Waals surface area contributed by atoms with Gasteiger partial charge >= 0.3 is 0 Å². The van der Waals surface area contributed by atoms with Gasteiger partial charge in [0.15, 0.2) is 0 Å². The van der Waals surface area contributed by atoms with Crippen LogP contribution < -0.4 is 0 Å². The Labute approximate surface area is 147 Å². The molecule has 0 aromatic carbocycles. The van der Waals surface area contributed by atoms with Crippen LogP contribution in [0.4, 0.5) is 0 Å². The zero-order valence-electron chi connectivity index (χ0n) is 14.5. The highest BCUT2D eigenvalue weighted by molar-refractivity contribution is 7.18. The number of hydrogen-bond donors (Lipinski definition) is 1. The normalized spacial score (nSPS) is 21.6. The summed E-state index contributed by atoms with van der Waals surface area (Å²) >= 11 is 1.88. The number of hydrogen-bond acceptors (Lipinski definition) is 5. The first-order valence-corrected chi connectivity index (χ1v) is 10.2. The highest BCUT2D eigenvalue weighted by Crippen LogP contribution is 2.39. The van der Waals surface area contributed by atoms with E-state index in [4.69, 9.17) is 9.97 Å². The Balaban J connectivity index is 1.60. The van der Waals surface area contributed by atoms with Gasteiger partial charge < -0.3 is 5.11 Å². The van der Waals surface area contributed by atoms with Crippen molar-refractivity contribution in [1.82, 2.24) is 14.9 Å². The first-order chi connectivity index (χ1) is 11.7. The molecule has 0 spiro atoms. The van der Waals surface area contributed by atoms with E-state index in [0.29, 0.717) is 0 Å². The Morgan fingerprint density at radius 3 is 2.62 bits per heavy atom. The molecule has 2 aromatic rings. The first kappa shape index (κ1) is 16.4. The van der Waals surface area contributed by atoms with Crippen LogP contribution in [-0.4, -0.2) is 39.2 Å². The molecular weight excluding hydrogens is 318 g/mol. The van der Waals surface area contributed by atoms with E-state index in [2.05, 4.69) is 11.0 Å². The molecule has 2 aromatic heterocycles. The van der Waals surface area contributed by atoms with Crippen molar-refractivity contribution in [2.24, 2.45) is 0 Å². The van der Waals surface area contributed by atoms with Gasteiger partial charge in [0, 0.05) is 29.9 Å². The molecule has 0 unspecified atom stereocenters. The Morgan fingerprint density at radius 2 is 1.88 bits per heavy atom. The molecule has 4 nitrogen and oxygen atoms in total. The number of aliphatic hydroxyl groups excluding tert-OH is 1. The summed E-state index contributed by atoms with van der Waals surface area (Å²) in [5.41, 5.74) is 1.17. The molecule has 1 saturated heterocycles. The molecule has 24 heavy (non-hydrogen) atoms. The summed E-state index contributed by atoms with van der Waals surface area (Å²) in [6, 6.07) is 2.38. The summed E-state index contributed by atoms with van der Waals surface area (Å²) in [7, 11) is 0. The van der Waals surface area contributed by atoms with Crippen LogP contribution in [0.15, 0.2) is 6.07 Å². The van der Waals surface area contributed by atoms with E-state index in [-0.39, 0.29) is 6.10 Å². The van der Waals surface area contributed by atoms with Crippen molar-refractivity contribution < 1.29 is 5.11 Å². The number of piperidine rings is 1. The molecule has 2 aliphatic rings. The fraction of sp³-hybridized carbons (Fsp3) is 0.684. The van der Waals surface area contributed by atoms with Crippen molar-refractivity contribution in [3.63, 3.8) is 0 Å². The van der Waals surface area contributed by atoms with E-state index in [1.165, 1.54) is 48.1 Å². The SMILES string of the molecule is Cc1nc(CN2CCC(O)CC2)c2cc(C3CCCCC3)sc2n1. The molecule has 3 heterocycles. The van der Waals surface area contributed by atoms with Crippen LogP contribution in [0.25, 0.3) is 10.2 Å². The summed E-state index contributed by atoms with van der Waals surface area (Å²) in [5.74, 6) is 1.61. The van der Waals surface area contributed by atoms with Crippen molar-refractivity contribution in [3.05, 3.63) is 22.5 Å². The molecule has 0 atom stereocenters. The van der Waals surface area contributed by atoms with E-state index in [0.717, 1.165) is 49.0 Å². The Hall–Kier alpha value is -1.04. The van der Waals surface area contributed by atoms with Crippen LogP contribution in [0.5, 0.6) is 0 Å². The molecule has 4 rings (SSSR count). The molecule has 5 heteroatoms. The number of nitrogens with zero attached hydrogens (tertiary/aromatic N) is 3. The Kier molecular flexibility index (Phi) is 4.83. The van der Waals surface area contributed by atoms with Gasteiger partial charge in [0.25, 0.3) is 0 Å². The van der Waals surface area contributed by atoms with Gasteiger partial charge in [-0.2, -0.15) is 0 Å². The number of rotatable bonds is 3. The third-order valence-electron chi connectivity index (χ3n) is 5.54. The van der Waals surface area contributed by atoms with E-state index in [1.54, 1.807) is 0 Å². The van der Waals surface area contributed by atoms with Crippen LogP contribution in [0.2, 0.25) is 0 Å². The smallest absolute Gasteiger partial charge is 0.127 e. The number of likely N-dealkylation sites (tertiary alicyclic amines) is 1. The van der Waals surface area contributed by atoms with Crippen LogP contribution >= 0.6 is 11.3 Å². The lowest BCUT2D eigenvalue weighted by Gasteiger charge is -2.29. The lowest BCUT2D eigenvalue weighted by molar-refractivity contribution is 0.0788. The Bertz CT molecular complexity index is 700. The number of aryl methyl sites for hydroxylation is 1. The van der Waals surface area contributed by atoms with Crippen LogP contribution in [0.3, 0.4) is 0 Å². The molecular formula is C19H27N3OS. The average Bonchev–Trinajstić information content (AvgIpc) is 3.02. The quantitative estimate of drug-likeness (QED) is 0.913. The third kappa shape index (κ3) is 3.48. The van der Waals surface area contributed by atoms with Gasteiger partial charge in [0.2, 0.25) is 0 Å². The van der Waals surface area contributed by atoms with E-state index < -0.39 is 0 Å². The second-order valence-electron chi connectivity index (χ2n) is 7.43. The molecule has 1 aliphatic heterocycles. The molecule has 0 radical (unpaired) electrons. The maximum absolute atomic E-state index is 9.71. The summed E-state index contributed by atoms with van der Waals surface area (Å²) in [6.45, 7) is 4.81. The molecule has 2 fully saturated rings. The lowest BCUT2D eigenvalue weighted by atomic mass is 9.88. The third-order valence-corrected chi connectivity index (χ3v) is 6.73. The number of aromatic nitrogens is 2. The van der Waals surface area contributed by atoms with Gasteiger partial charge in [0.05, 0.1) is 11.8 Å². The number of aliphatic hydroxyl groups is 1. The minimum Gasteiger partial charge on any atom is -0.393 e. The van der Waals surface area contributed by atoms with E-state index in [9.17, 15) is 5.11 Å². The lowest BCUT2D eigenvalue weighted by Crippen LogP contribution is -2.35. The number of thiophene rings is 1. The zero-order chi connectivity index (χ0) is 16.5. The standard InChI is InChI=1S/C19H27N3OS/c1-13-20-17(12-22-9-7-15(23)8-10-22)16-11-18(24-19(16)21-13)14-5-3-2-4-6-14/h11,14-15,23H,2-10,12H2,1H3. The first-order valence-electron chi connectivity index (χ1n) is 9.36. The largest absolute Gasteiger partial charge is 0.393 e. The zero-order valence-corrected chi connectivity index (χ0v) is 15.3. The van der Waals surface area contributed by atoms with Gasteiger partial charge in [0.1, 0.15) is 10.7 Å². The molecule has 0 bridgehead atoms. The van der Waals surface area contributed by atoms with Crippen molar-refractivity contribution >= 4 is 21.6 Å². The van der Waals surface area contributed by atoms with Gasteiger partial charge in [-0.25, -0.2) is 9.97 Å². The molecule has 1 saturated carbocycles. The van der Waals surface area contributed by atoms with Crippen molar-refractivity contribution in [2.45, 2.75) is 70.4 Å². The van der Waals surface area contributed by atoms with Gasteiger partial charge in [-0.15, -0.1) is 11.3 Å². The predicted molar refractivity (Wildman–Crippen MR) is 98.5 cm³/mol. The maximum atomic E-state index is 9.71. The average molecular weight is 346 g/mol. The molecule has 0 amide bonds. The molecule has 1 aliphatic carbocycles. The summed E-state index contributed by atoms with van der Waals surface area (Å²) in [4.78, 5) is 14.6. The van der Waals surface area contributed by atoms with E-state index in [1.807, 2.05) is 18.3 Å². The highest BCUT2D eigenvalue weighted by Gasteiger charge is 2.22. The van der Waals surface area contributed by atoms with Crippen molar-refractivity contribution in [3.8, 4) is 0 Å². The maximum Gasteiger partial charge on any atom is 0.127 e. The van der Waals surface area contributed by atoms with Crippen LogP contribution in [0.1, 0.15) is 67.3 Å². The second kappa shape index (κ2) is 7.06. The predicted octanol–water partition coefficient (Wildman–Crippen LogP) is 4.00. The topological polar surface area (TPSA) is 49.2 Å². The summed E-state index contributed by atoms with van der Waals surface area (Å²) in [5, 5.41) is 11.0. The molecule has 1 N–H and O–H groups in total. The monoisotopic (exact) mass is 345 g/mol. The van der Waals surface area contributed by atoms with Crippen molar-refractivity contribution in [2.75, 3.05) is 13.1 Å². The van der Waals surface area contributed by atoms with Crippen LogP contribution in [0, 0.1) is 6.92 Å². The van der Waals surface area contributed by atoms with Gasteiger partial charge in [-0.3, -0.25) is 4.90 Å².